The summed E-state index contributed by atoms with van der Waals surface area (Å²) in [6.45, 7) is 2.19. The van der Waals surface area contributed by atoms with E-state index in [1.54, 1.807) is 0 Å². The van der Waals surface area contributed by atoms with Crippen molar-refractivity contribution in [3.8, 4) is 0 Å². The van der Waals surface area contributed by atoms with Crippen molar-refractivity contribution in [1.29, 1.82) is 0 Å². The molecule has 0 bridgehead atoms. The van der Waals surface area contributed by atoms with Crippen LogP contribution in [0, 0.1) is 6.92 Å². The standard InChI is InChI=1S/C16H15N5O3S/c1-9-2-4-10(5-3-9)6-18-11(22)7-21-8-19-12-13(15(17)23)20-25-14(12)16(21)24/h2-5,8H,6-7H2,1H3,(H2,17,23)(H,18,22). The second kappa shape index (κ2) is 6.81. The molecule has 0 saturated carbocycles. The SMILES string of the molecule is Cc1ccc(CNC(=O)Cn2cnc3c(C(N)=O)nsc3c2=O)cc1. The zero-order chi connectivity index (χ0) is 18.0. The molecule has 0 aliphatic carbocycles. The summed E-state index contributed by atoms with van der Waals surface area (Å²) >= 11 is 0.843. The molecule has 3 aromatic rings. The Morgan fingerprint density at radius 3 is 2.68 bits per heavy atom. The molecular formula is C16H15N5O3S. The van der Waals surface area contributed by atoms with Gasteiger partial charge in [0.05, 0.1) is 6.33 Å². The van der Waals surface area contributed by atoms with E-state index in [0.717, 1.165) is 22.7 Å². The Bertz CT molecular complexity index is 1010. The third-order valence-corrected chi connectivity index (χ3v) is 4.43. The maximum Gasteiger partial charge on any atom is 0.273 e. The normalized spacial score (nSPS) is 10.8. The number of nitrogens with two attached hydrogens (primary N) is 1. The van der Waals surface area contributed by atoms with Gasteiger partial charge in [0.2, 0.25) is 5.91 Å². The van der Waals surface area contributed by atoms with E-state index >= 15 is 0 Å². The average Bonchev–Trinajstić information content (AvgIpc) is 3.02. The summed E-state index contributed by atoms with van der Waals surface area (Å²) in [5, 5.41) is 2.75. The predicted molar refractivity (Wildman–Crippen MR) is 93.2 cm³/mol. The highest BCUT2D eigenvalue weighted by molar-refractivity contribution is 7.13. The fourth-order valence-electron chi connectivity index (χ4n) is 2.25. The second-order valence-corrected chi connectivity index (χ2v) is 6.29. The molecule has 0 aliphatic heterocycles. The van der Waals surface area contributed by atoms with Crippen molar-refractivity contribution < 1.29 is 9.59 Å². The fourth-order valence-corrected chi connectivity index (χ4v) is 3.04. The summed E-state index contributed by atoms with van der Waals surface area (Å²) in [5.74, 6) is -1.06. The van der Waals surface area contributed by atoms with Crippen molar-refractivity contribution >= 4 is 33.6 Å². The van der Waals surface area contributed by atoms with Gasteiger partial charge in [-0.1, -0.05) is 29.8 Å². The average molecular weight is 357 g/mol. The molecule has 25 heavy (non-hydrogen) atoms. The highest BCUT2D eigenvalue weighted by Gasteiger charge is 2.17. The van der Waals surface area contributed by atoms with Gasteiger partial charge in [0.1, 0.15) is 16.8 Å². The Hall–Kier alpha value is -3.07. The van der Waals surface area contributed by atoms with Crippen molar-refractivity contribution in [2.24, 2.45) is 5.73 Å². The molecule has 0 radical (unpaired) electrons. The molecule has 0 atom stereocenters. The number of nitrogens with one attached hydrogen (secondary N) is 1. The first kappa shape index (κ1) is 16.8. The summed E-state index contributed by atoms with van der Waals surface area (Å²) in [6, 6.07) is 7.78. The Morgan fingerprint density at radius 2 is 2.00 bits per heavy atom. The molecule has 2 amide bonds. The van der Waals surface area contributed by atoms with Gasteiger partial charge in [-0.3, -0.25) is 19.0 Å². The first-order valence-corrected chi connectivity index (χ1v) is 8.20. The quantitative estimate of drug-likeness (QED) is 0.692. The van der Waals surface area contributed by atoms with Crippen molar-refractivity contribution in [3.63, 3.8) is 0 Å². The van der Waals surface area contributed by atoms with Gasteiger partial charge in [-0.05, 0) is 24.0 Å². The number of carbonyl (C=O) groups is 2. The minimum Gasteiger partial charge on any atom is -0.364 e. The zero-order valence-electron chi connectivity index (χ0n) is 13.4. The second-order valence-electron chi connectivity index (χ2n) is 5.51. The topological polar surface area (TPSA) is 120 Å². The number of aryl methyl sites for hydroxylation is 1. The predicted octanol–water partition coefficient (Wildman–Crippen LogP) is 0.577. The molecule has 0 fully saturated rings. The summed E-state index contributed by atoms with van der Waals surface area (Å²) < 4.78 is 5.22. The maximum absolute atomic E-state index is 12.4. The van der Waals surface area contributed by atoms with Gasteiger partial charge in [0.15, 0.2) is 5.69 Å². The van der Waals surface area contributed by atoms with E-state index in [4.69, 9.17) is 5.73 Å². The molecule has 1 aromatic carbocycles. The minimum atomic E-state index is -0.744. The van der Waals surface area contributed by atoms with Gasteiger partial charge >= 0.3 is 0 Å². The van der Waals surface area contributed by atoms with Gasteiger partial charge < -0.3 is 11.1 Å². The molecule has 3 N–H and O–H groups in total. The number of carbonyl (C=O) groups excluding carboxylic acids is 2. The number of fused-ring (bicyclic) bond motifs is 1. The molecular weight excluding hydrogens is 342 g/mol. The molecule has 2 heterocycles. The van der Waals surface area contributed by atoms with Crippen molar-refractivity contribution in [2.45, 2.75) is 20.0 Å². The van der Waals surface area contributed by atoms with Crippen LogP contribution in [0.15, 0.2) is 35.4 Å². The first-order chi connectivity index (χ1) is 12.0. The number of aromatic nitrogens is 3. The summed E-state index contributed by atoms with van der Waals surface area (Å²) in [5.41, 5.74) is 7.00. The van der Waals surface area contributed by atoms with Crippen LogP contribution in [0.2, 0.25) is 0 Å². The van der Waals surface area contributed by atoms with Crippen LogP contribution in [0.1, 0.15) is 21.6 Å². The van der Waals surface area contributed by atoms with E-state index in [1.165, 1.54) is 10.9 Å². The summed E-state index contributed by atoms with van der Waals surface area (Å²) in [4.78, 5) is 39.7. The lowest BCUT2D eigenvalue weighted by Crippen LogP contribution is -2.32. The van der Waals surface area contributed by atoms with E-state index in [2.05, 4.69) is 14.7 Å². The summed E-state index contributed by atoms with van der Waals surface area (Å²) in [7, 11) is 0. The summed E-state index contributed by atoms with van der Waals surface area (Å²) in [6.07, 6.45) is 1.22. The number of benzene rings is 1. The van der Waals surface area contributed by atoms with Gasteiger partial charge in [-0.25, -0.2) is 4.98 Å². The number of hydrogen-bond acceptors (Lipinski definition) is 6. The van der Waals surface area contributed by atoms with Crippen molar-refractivity contribution in [2.75, 3.05) is 0 Å². The number of amides is 2. The van der Waals surface area contributed by atoms with Crippen molar-refractivity contribution in [1.82, 2.24) is 19.2 Å². The Balaban J connectivity index is 1.73. The molecule has 8 nitrogen and oxygen atoms in total. The van der Waals surface area contributed by atoms with Crippen LogP contribution < -0.4 is 16.6 Å². The Labute approximate surface area is 146 Å². The van der Waals surface area contributed by atoms with Gasteiger partial charge in [0.25, 0.3) is 11.5 Å². The molecule has 2 aromatic heterocycles. The van der Waals surface area contributed by atoms with E-state index in [0.29, 0.717) is 6.54 Å². The van der Waals surface area contributed by atoms with Crippen LogP contribution in [0.5, 0.6) is 0 Å². The van der Waals surface area contributed by atoms with Gasteiger partial charge in [-0.2, -0.15) is 4.37 Å². The van der Waals surface area contributed by atoms with Crippen molar-refractivity contribution in [3.05, 3.63) is 57.8 Å². The van der Waals surface area contributed by atoms with Gasteiger partial charge in [-0.15, -0.1) is 0 Å². The first-order valence-electron chi connectivity index (χ1n) is 7.42. The van der Waals surface area contributed by atoms with Crippen LogP contribution in [0.3, 0.4) is 0 Å². The van der Waals surface area contributed by atoms with Crippen LogP contribution >= 0.6 is 11.5 Å². The molecule has 0 unspecified atom stereocenters. The Morgan fingerprint density at radius 1 is 1.28 bits per heavy atom. The van der Waals surface area contributed by atoms with Crippen LogP contribution in [-0.2, 0) is 17.9 Å². The maximum atomic E-state index is 12.4. The molecule has 128 valence electrons. The third-order valence-electron chi connectivity index (χ3n) is 3.61. The number of rotatable bonds is 5. The fraction of sp³-hybridized carbons (Fsp3) is 0.188. The largest absolute Gasteiger partial charge is 0.364 e. The monoisotopic (exact) mass is 357 g/mol. The van der Waals surface area contributed by atoms with E-state index in [9.17, 15) is 14.4 Å². The zero-order valence-corrected chi connectivity index (χ0v) is 14.2. The number of primary amides is 1. The molecule has 0 aliphatic rings. The minimum absolute atomic E-state index is 0.0342. The Kier molecular flexibility index (Phi) is 4.57. The molecule has 0 saturated heterocycles. The number of hydrogen-bond donors (Lipinski definition) is 2. The van der Waals surface area contributed by atoms with Crippen LogP contribution in [0.4, 0.5) is 0 Å². The third kappa shape index (κ3) is 3.56. The lowest BCUT2D eigenvalue weighted by atomic mass is 10.1. The van der Waals surface area contributed by atoms with Crippen LogP contribution in [0.25, 0.3) is 10.2 Å². The van der Waals surface area contributed by atoms with Crippen LogP contribution in [-0.4, -0.2) is 25.7 Å². The lowest BCUT2D eigenvalue weighted by molar-refractivity contribution is -0.121. The molecule has 9 heteroatoms. The number of nitrogens with zero attached hydrogens (tertiary/aromatic N) is 3. The molecule has 0 spiro atoms. The smallest absolute Gasteiger partial charge is 0.273 e. The lowest BCUT2D eigenvalue weighted by Gasteiger charge is -2.07. The molecule has 3 rings (SSSR count). The highest BCUT2D eigenvalue weighted by Crippen LogP contribution is 2.15. The van der Waals surface area contributed by atoms with E-state index < -0.39 is 11.5 Å². The van der Waals surface area contributed by atoms with E-state index in [-0.39, 0.29) is 28.4 Å². The van der Waals surface area contributed by atoms with Gasteiger partial charge in [0, 0.05) is 6.54 Å². The van der Waals surface area contributed by atoms with E-state index in [1.807, 2.05) is 31.2 Å². The highest BCUT2D eigenvalue weighted by atomic mass is 32.1.